The van der Waals surface area contributed by atoms with Crippen LogP contribution in [0.25, 0.3) is 11.3 Å². The number of hydrogen-bond acceptors (Lipinski definition) is 4. The molecule has 5 heteroatoms. The average molecular weight is 276 g/mol. The molecule has 1 aliphatic rings. The molecule has 0 spiro atoms. The molecule has 0 bridgehead atoms. The van der Waals surface area contributed by atoms with E-state index in [1.807, 2.05) is 29.3 Å². The van der Waals surface area contributed by atoms with Gasteiger partial charge in [-0.05, 0) is 31.0 Å². The van der Waals surface area contributed by atoms with Crippen molar-refractivity contribution in [1.82, 2.24) is 15.0 Å². The van der Waals surface area contributed by atoms with Crippen molar-refractivity contribution in [3.8, 4) is 17.0 Å². The maximum absolute atomic E-state index is 6.26. The van der Waals surface area contributed by atoms with E-state index in [0.29, 0.717) is 10.8 Å². The second kappa shape index (κ2) is 5.55. The molecule has 0 radical (unpaired) electrons. The van der Waals surface area contributed by atoms with Gasteiger partial charge in [-0.3, -0.25) is 0 Å². The van der Waals surface area contributed by atoms with Gasteiger partial charge in [0.25, 0.3) is 0 Å². The number of halogens is 1. The summed E-state index contributed by atoms with van der Waals surface area (Å²) >= 11 is 6.26. The van der Waals surface area contributed by atoms with E-state index in [1.54, 1.807) is 6.20 Å². The minimum Gasteiger partial charge on any atom is -0.404 e. The first-order valence-corrected chi connectivity index (χ1v) is 6.70. The molecule has 0 saturated carbocycles. The van der Waals surface area contributed by atoms with Crippen LogP contribution in [0.1, 0.15) is 12.8 Å². The van der Waals surface area contributed by atoms with Crippen LogP contribution in [0.3, 0.4) is 0 Å². The zero-order valence-electron chi connectivity index (χ0n) is 10.4. The van der Waals surface area contributed by atoms with Crippen molar-refractivity contribution >= 4 is 11.6 Å². The van der Waals surface area contributed by atoms with E-state index in [0.717, 1.165) is 37.2 Å². The molecule has 2 aromatic rings. The zero-order chi connectivity index (χ0) is 13.1. The third-order valence-electron chi connectivity index (χ3n) is 3.11. The van der Waals surface area contributed by atoms with Gasteiger partial charge in [-0.2, -0.15) is 0 Å². The van der Waals surface area contributed by atoms with Gasteiger partial charge in [0.2, 0.25) is 0 Å². The van der Waals surface area contributed by atoms with Gasteiger partial charge in [0, 0.05) is 24.8 Å². The first kappa shape index (κ1) is 12.4. The van der Waals surface area contributed by atoms with E-state index in [4.69, 9.17) is 16.4 Å². The Labute approximate surface area is 117 Å². The third kappa shape index (κ3) is 2.69. The van der Waals surface area contributed by atoms with Crippen molar-refractivity contribution in [3.63, 3.8) is 0 Å². The average Bonchev–Trinajstić information content (AvgIpc) is 2.95. The molecule has 19 heavy (non-hydrogen) atoms. The van der Waals surface area contributed by atoms with Crippen molar-refractivity contribution in [1.29, 1.82) is 0 Å². The molecule has 4 nitrogen and oxygen atoms in total. The van der Waals surface area contributed by atoms with Crippen molar-refractivity contribution in [2.75, 3.05) is 13.1 Å². The number of hydrogen-bond donors (Lipinski definition) is 0. The molecule has 98 valence electrons. The Hall–Kier alpha value is -1.65. The molecular weight excluding hydrogens is 262 g/mol. The van der Waals surface area contributed by atoms with Crippen LogP contribution in [-0.4, -0.2) is 28.1 Å². The standard InChI is InChI=1S/C14H14ClN3O/c15-12-5-3-4-11(13-6-7-16-10-17-13)14(12)19-18-8-1-2-9-18/h3-7,10H,1-2,8-9H2. The third-order valence-corrected chi connectivity index (χ3v) is 3.41. The highest BCUT2D eigenvalue weighted by atomic mass is 35.5. The molecule has 1 aromatic carbocycles. The largest absolute Gasteiger partial charge is 0.404 e. The molecule has 1 aromatic heterocycles. The number of rotatable bonds is 3. The van der Waals surface area contributed by atoms with Crippen LogP contribution < -0.4 is 4.84 Å². The summed E-state index contributed by atoms with van der Waals surface area (Å²) < 4.78 is 0. The molecule has 1 saturated heterocycles. The van der Waals surface area contributed by atoms with E-state index in [2.05, 4.69) is 9.97 Å². The Kier molecular flexibility index (Phi) is 3.62. The lowest BCUT2D eigenvalue weighted by molar-refractivity contribution is -0.0339. The van der Waals surface area contributed by atoms with Gasteiger partial charge in [-0.1, -0.05) is 17.7 Å². The van der Waals surface area contributed by atoms with Gasteiger partial charge in [-0.15, -0.1) is 5.06 Å². The van der Waals surface area contributed by atoms with E-state index in [-0.39, 0.29) is 0 Å². The monoisotopic (exact) mass is 275 g/mol. The highest BCUT2D eigenvalue weighted by Crippen LogP contribution is 2.36. The minimum atomic E-state index is 0.600. The fourth-order valence-corrected chi connectivity index (χ4v) is 2.37. The molecule has 0 unspecified atom stereocenters. The van der Waals surface area contributed by atoms with Crippen molar-refractivity contribution in [3.05, 3.63) is 41.8 Å². The number of para-hydroxylation sites is 1. The lowest BCUT2D eigenvalue weighted by Gasteiger charge is -2.19. The van der Waals surface area contributed by atoms with Crippen LogP contribution >= 0.6 is 11.6 Å². The minimum absolute atomic E-state index is 0.600. The summed E-state index contributed by atoms with van der Waals surface area (Å²) in [7, 11) is 0. The van der Waals surface area contributed by atoms with Crippen molar-refractivity contribution < 1.29 is 4.84 Å². The number of benzene rings is 1. The molecular formula is C14H14ClN3O. The van der Waals surface area contributed by atoms with E-state index in [1.165, 1.54) is 6.33 Å². The topological polar surface area (TPSA) is 38.3 Å². The quantitative estimate of drug-likeness (QED) is 0.862. The SMILES string of the molecule is Clc1cccc(-c2ccncn2)c1ON1CCCC1. The fraction of sp³-hybridized carbons (Fsp3) is 0.286. The van der Waals surface area contributed by atoms with E-state index >= 15 is 0 Å². The molecule has 0 N–H and O–H groups in total. The van der Waals surface area contributed by atoms with Gasteiger partial charge in [0.05, 0.1) is 10.7 Å². The van der Waals surface area contributed by atoms with Gasteiger partial charge in [0.1, 0.15) is 6.33 Å². The summed E-state index contributed by atoms with van der Waals surface area (Å²) in [6.45, 7) is 1.88. The Morgan fingerprint density at radius 2 is 2.00 bits per heavy atom. The number of nitrogens with zero attached hydrogens (tertiary/aromatic N) is 3. The summed E-state index contributed by atoms with van der Waals surface area (Å²) in [5, 5.41) is 2.55. The molecule has 0 atom stereocenters. The smallest absolute Gasteiger partial charge is 0.175 e. The first-order valence-electron chi connectivity index (χ1n) is 6.32. The Bertz CT molecular complexity index is 556. The normalized spacial score (nSPS) is 15.6. The Morgan fingerprint density at radius 1 is 1.16 bits per heavy atom. The first-order chi connectivity index (χ1) is 9.34. The lowest BCUT2D eigenvalue weighted by atomic mass is 10.1. The molecule has 1 aliphatic heterocycles. The molecule has 2 heterocycles. The lowest BCUT2D eigenvalue weighted by Crippen LogP contribution is -2.23. The fourth-order valence-electron chi connectivity index (χ4n) is 2.16. The second-order valence-corrected chi connectivity index (χ2v) is 4.85. The van der Waals surface area contributed by atoms with E-state index in [9.17, 15) is 0 Å². The van der Waals surface area contributed by atoms with Crippen LogP contribution in [0.2, 0.25) is 5.02 Å². The van der Waals surface area contributed by atoms with Crippen LogP contribution in [0.15, 0.2) is 36.8 Å². The molecule has 1 fully saturated rings. The highest BCUT2D eigenvalue weighted by molar-refractivity contribution is 6.32. The number of aromatic nitrogens is 2. The summed E-state index contributed by atoms with van der Waals surface area (Å²) in [4.78, 5) is 14.1. The maximum atomic E-state index is 6.26. The van der Waals surface area contributed by atoms with Gasteiger partial charge in [0.15, 0.2) is 5.75 Å². The summed E-state index contributed by atoms with van der Waals surface area (Å²) in [6.07, 6.45) is 5.55. The van der Waals surface area contributed by atoms with Crippen molar-refractivity contribution in [2.24, 2.45) is 0 Å². The van der Waals surface area contributed by atoms with Gasteiger partial charge >= 0.3 is 0 Å². The van der Waals surface area contributed by atoms with Crippen molar-refractivity contribution in [2.45, 2.75) is 12.8 Å². The predicted molar refractivity (Wildman–Crippen MR) is 73.9 cm³/mol. The van der Waals surface area contributed by atoms with Crippen LogP contribution in [-0.2, 0) is 0 Å². The molecule has 0 amide bonds. The maximum Gasteiger partial charge on any atom is 0.175 e. The Morgan fingerprint density at radius 3 is 2.74 bits per heavy atom. The van der Waals surface area contributed by atoms with Crippen LogP contribution in [0.5, 0.6) is 5.75 Å². The van der Waals surface area contributed by atoms with E-state index < -0.39 is 0 Å². The van der Waals surface area contributed by atoms with Crippen LogP contribution in [0.4, 0.5) is 0 Å². The summed E-state index contributed by atoms with van der Waals surface area (Å²) in [5.41, 5.74) is 1.70. The number of hydroxylamine groups is 2. The second-order valence-electron chi connectivity index (χ2n) is 4.44. The zero-order valence-corrected chi connectivity index (χ0v) is 11.2. The molecule has 3 rings (SSSR count). The predicted octanol–water partition coefficient (Wildman–Crippen LogP) is 3.19. The summed E-state index contributed by atoms with van der Waals surface area (Å²) in [6, 6.07) is 7.54. The van der Waals surface area contributed by atoms with Gasteiger partial charge < -0.3 is 4.84 Å². The van der Waals surface area contributed by atoms with Crippen LogP contribution in [0, 0.1) is 0 Å². The Balaban J connectivity index is 1.97. The summed E-state index contributed by atoms with van der Waals surface area (Å²) in [5.74, 6) is 0.671. The van der Waals surface area contributed by atoms with Gasteiger partial charge in [-0.25, -0.2) is 9.97 Å². The molecule has 0 aliphatic carbocycles. The highest BCUT2D eigenvalue weighted by Gasteiger charge is 2.18.